The van der Waals surface area contributed by atoms with E-state index < -0.39 is 81.8 Å². The van der Waals surface area contributed by atoms with Crippen LogP contribution in [0.15, 0.2) is 36.4 Å². The van der Waals surface area contributed by atoms with Gasteiger partial charge in [-0.15, -0.1) is 0 Å². The van der Waals surface area contributed by atoms with Gasteiger partial charge in [0, 0.05) is 16.7 Å². The fourth-order valence-electron chi connectivity index (χ4n) is 2.98. The number of hydrogen-bond donors (Lipinski definition) is 1. The number of amides is 1. The molecule has 182 valence electrons. The van der Waals surface area contributed by atoms with Crippen LogP contribution >= 0.6 is 0 Å². The van der Waals surface area contributed by atoms with Crippen LogP contribution in [0.2, 0.25) is 0 Å². The zero-order valence-electron chi connectivity index (χ0n) is 15.4. The normalized spacial score (nSPS) is 13.8. The zero-order chi connectivity index (χ0) is 25.8. The zero-order valence-corrected chi connectivity index (χ0v) is 15.4. The third-order valence-electron chi connectivity index (χ3n) is 4.39. The van der Waals surface area contributed by atoms with Gasteiger partial charge in [0.25, 0.3) is 0 Å². The minimum atomic E-state index is -6.98. The third kappa shape index (κ3) is 4.57. The summed E-state index contributed by atoms with van der Waals surface area (Å²) in [6.45, 7) is 0. The number of nitrogens with two attached hydrogens (primary N) is 1. The first-order valence-corrected chi connectivity index (χ1v) is 8.18. The Balaban J connectivity index is 3.19. The second kappa shape index (κ2) is 7.80. The third-order valence-corrected chi connectivity index (χ3v) is 4.39. The molecule has 0 heterocycles. The van der Waals surface area contributed by atoms with Gasteiger partial charge in [0.15, 0.2) is 0 Å². The molecule has 0 aliphatic heterocycles. The van der Waals surface area contributed by atoms with Gasteiger partial charge < -0.3 is 5.73 Å². The van der Waals surface area contributed by atoms with Gasteiger partial charge in [-0.1, -0.05) is 18.2 Å². The van der Waals surface area contributed by atoms with E-state index in [1.54, 1.807) is 0 Å². The van der Waals surface area contributed by atoms with E-state index >= 15 is 0 Å². The molecular formula is C18H8F13NO. The second-order valence-electron chi connectivity index (χ2n) is 6.51. The van der Waals surface area contributed by atoms with Crippen molar-refractivity contribution >= 4 is 5.91 Å². The van der Waals surface area contributed by atoms with Crippen LogP contribution in [0.5, 0.6) is 0 Å². The maximum Gasteiger partial charge on any atom is 0.435 e. The van der Waals surface area contributed by atoms with Crippen molar-refractivity contribution in [3.8, 4) is 11.1 Å². The monoisotopic (exact) mass is 501 g/mol. The molecular weight excluding hydrogens is 493 g/mol. The first kappa shape index (κ1) is 26.3. The summed E-state index contributed by atoms with van der Waals surface area (Å²) in [5, 5.41) is 0. The van der Waals surface area contributed by atoms with Gasteiger partial charge in [-0.25, -0.2) is 4.39 Å². The van der Waals surface area contributed by atoms with Gasteiger partial charge in [-0.2, -0.15) is 52.7 Å². The van der Waals surface area contributed by atoms with E-state index in [0.29, 0.717) is 12.1 Å². The molecule has 0 saturated carbocycles. The van der Waals surface area contributed by atoms with E-state index in [-0.39, 0.29) is 0 Å². The van der Waals surface area contributed by atoms with Gasteiger partial charge in [-0.05, 0) is 23.8 Å². The molecule has 0 unspecified atom stereocenters. The number of halogens is 13. The Morgan fingerprint density at radius 3 is 1.39 bits per heavy atom. The minimum Gasteiger partial charge on any atom is -0.366 e. The van der Waals surface area contributed by atoms with E-state index in [0.717, 1.165) is 12.1 Å². The summed E-state index contributed by atoms with van der Waals surface area (Å²) in [6, 6.07) is 0.943. The lowest BCUT2D eigenvalue weighted by atomic mass is 9.84. The molecule has 0 bridgehead atoms. The molecule has 0 spiro atoms. The van der Waals surface area contributed by atoms with Gasteiger partial charge >= 0.3 is 30.4 Å². The SMILES string of the molecule is NC(=O)c1ccccc1-c1c(C(F)(F)F)cc(C(F)(C(F)(F)F)C(F)(F)F)cc1C(F)(F)F. The maximum atomic E-state index is 14.4. The molecule has 0 radical (unpaired) electrons. The Kier molecular flexibility index (Phi) is 6.20. The van der Waals surface area contributed by atoms with E-state index in [2.05, 4.69) is 0 Å². The van der Waals surface area contributed by atoms with Gasteiger partial charge in [0.2, 0.25) is 5.91 Å². The number of carbonyl (C=O) groups excluding carboxylic acids is 1. The highest BCUT2D eigenvalue weighted by molar-refractivity contribution is 6.00. The summed E-state index contributed by atoms with van der Waals surface area (Å²) < 4.78 is 174. The highest BCUT2D eigenvalue weighted by atomic mass is 19.4. The van der Waals surface area contributed by atoms with Crippen molar-refractivity contribution in [3.05, 3.63) is 58.7 Å². The van der Waals surface area contributed by atoms with Crippen molar-refractivity contribution in [2.45, 2.75) is 30.4 Å². The fourth-order valence-corrected chi connectivity index (χ4v) is 2.98. The lowest BCUT2D eigenvalue weighted by molar-refractivity contribution is -0.348. The molecule has 15 heteroatoms. The van der Waals surface area contributed by atoms with Crippen molar-refractivity contribution in [1.82, 2.24) is 0 Å². The van der Waals surface area contributed by atoms with Crippen LogP contribution in [0.4, 0.5) is 57.1 Å². The van der Waals surface area contributed by atoms with Crippen LogP contribution in [0, 0.1) is 0 Å². The van der Waals surface area contributed by atoms with Crippen LogP contribution in [0.3, 0.4) is 0 Å². The number of alkyl halides is 13. The minimum absolute atomic E-state index is 0.510. The number of carbonyl (C=O) groups is 1. The first-order valence-electron chi connectivity index (χ1n) is 8.18. The van der Waals surface area contributed by atoms with Gasteiger partial charge in [-0.3, -0.25) is 4.79 Å². The molecule has 0 atom stereocenters. The summed E-state index contributed by atoms with van der Waals surface area (Å²) in [5.74, 6) is -1.55. The molecule has 33 heavy (non-hydrogen) atoms. The largest absolute Gasteiger partial charge is 0.435 e. The molecule has 2 aromatic carbocycles. The van der Waals surface area contributed by atoms with Crippen molar-refractivity contribution in [1.29, 1.82) is 0 Å². The topological polar surface area (TPSA) is 43.1 Å². The van der Waals surface area contributed by atoms with E-state index in [1.165, 1.54) is 0 Å². The Bertz CT molecular complexity index is 1010. The van der Waals surface area contributed by atoms with Crippen LogP contribution < -0.4 is 5.73 Å². The Morgan fingerprint density at radius 1 is 0.667 bits per heavy atom. The molecule has 0 aliphatic carbocycles. The molecule has 1 amide bonds. The van der Waals surface area contributed by atoms with Crippen LogP contribution in [-0.2, 0) is 18.0 Å². The Morgan fingerprint density at radius 2 is 1.06 bits per heavy atom. The Labute approximate surface area is 174 Å². The molecule has 0 saturated heterocycles. The second-order valence-corrected chi connectivity index (χ2v) is 6.51. The van der Waals surface area contributed by atoms with Crippen molar-refractivity contribution < 1.29 is 61.9 Å². The molecule has 0 aromatic heterocycles. The average Bonchev–Trinajstić information content (AvgIpc) is 2.63. The summed E-state index contributed by atoms with van der Waals surface area (Å²) >= 11 is 0. The van der Waals surface area contributed by atoms with Crippen molar-refractivity contribution in [3.63, 3.8) is 0 Å². The van der Waals surface area contributed by atoms with Gasteiger partial charge in [0.05, 0.1) is 11.1 Å². The van der Waals surface area contributed by atoms with Gasteiger partial charge in [0.1, 0.15) is 0 Å². The summed E-state index contributed by atoms with van der Waals surface area (Å²) in [4.78, 5) is 11.5. The van der Waals surface area contributed by atoms with Crippen molar-refractivity contribution in [2.75, 3.05) is 0 Å². The van der Waals surface area contributed by atoms with Crippen LogP contribution in [0.25, 0.3) is 11.1 Å². The smallest absolute Gasteiger partial charge is 0.366 e. The number of benzene rings is 2. The van der Waals surface area contributed by atoms with Crippen LogP contribution in [-0.4, -0.2) is 18.3 Å². The number of rotatable bonds is 3. The summed E-state index contributed by atoms with van der Waals surface area (Å²) in [5.41, 5.74) is -14.2. The molecule has 2 rings (SSSR count). The Hall–Kier alpha value is -3.00. The standard InChI is InChI=1S/C18H8F13NO/c19-14(17(26,27)28,18(29,30)31)7-5-10(15(20,21)22)12(11(6-7)16(23,24)25)8-3-1-2-4-9(8)13(32)33/h1-6H,(H2,32,33). The fraction of sp³-hybridized carbons (Fsp3) is 0.278. The summed E-state index contributed by atoms with van der Waals surface area (Å²) in [7, 11) is 0. The maximum absolute atomic E-state index is 14.4. The molecule has 0 aliphatic rings. The lowest BCUT2D eigenvalue weighted by Gasteiger charge is -2.32. The molecule has 2 N–H and O–H groups in total. The van der Waals surface area contributed by atoms with E-state index in [4.69, 9.17) is 5.73 Å². The average molecular weight is 501 g/mol. The van der Waals surface area contributed by atoms with E-state index in [9.17, 15) is 61.9 Å². The predicted octanol–water partition coefficient (Wildman–Crippen LogP) is 6.78. The molecule has 2 aromatic rings. The lowest BCUT2D eigenvalue weighted by Crippen LogP contribution is -2.50. The van der Waals surface area contributed by atoms with E-state index in [1.807, 2.05) is 0 Å². The van der Waals surface area contributed by atoms with Crippen LogP contribution in [0.1, 0.15) is 27.0 Å². The number of hydrogen-bond acceptors (Lipinski definition) is 1. The predicted molar refractivity (Wildman–Crippen MR) is 85.3 cm³/mol. The molecule has 0 fully saturated rings. The number of primary amides is 1. The first-order chi connectivity index (χ1) is 14.6. The molecule has 2 nitrogen and oxygen atoms in total. The highest BCUT2D eigenvalue weighted by Gasteiger charge is 2.74. The quantitative estimate of drug-likeness (QED) is 0.463. The van der Waals surface area contributed by atoms with Crippen molar-refractivity contribution in [2.24, 2.45) is 5.73 Å². The summed E-state index contributed by atoms with van der Waals surface area (Å²) in [6.07, 6.45) is -26.0. The highest BCUT2D eigenvalue weighted by Crippen LogP contribution is 2.56.